The van der Waals surface area contributed by atoms with Gasteiger partial charge in [0.25, 0.3) is 0 Å². The van der Waals surface area contributed by atoms with Gasteiger partial charge in [-0.05, 0) is 65.1 Å². The van der Waals surface area contributed by atoms with E-state index in [0.29, 0.717) is 11.4 Å². The highest BCUT2D eigenvalue weighted by Gasteiger charge is 2.50. The molecule has 2 N–H and O–H groups in total. The van der Waals surface area contributed by atoms with Crippen LogP contribution in [0.2, 0.25) is 5.02 Å². The molecule has 1 unspecified atom stereocenters. The van der Waals surface area contributed by atoms with Crippen molar-refractivity contribution in [3.63, 3.8) is 0 Å². The van der Waals surface area contributed by atoms with Gasteiger partial charge in [0.15, 0.2) is 0 Å². The lowest BCUT2D eigenvalue weighted by Crippen LogP contribution is -2.49. The topological polar surface area (TPSA) is 74.8 Å². The van der Waals surface area contributed by atoms with Crippen LogP contribution in [0.1, 0.15) is 50.8 Å². The molecule has 1 saturated carbocycles. The van der Waals surface area contributed by atoms with Gasteiger partial charge in [-0.15, -0.1) is 0 Å². The number of aromatic amines is 1. The summed E-state index contributed by atoms with van der Waals surface area (Å²) in [6.07, 6.45) is 1.21. The van der Waals surface area contributed by atoms with E-state index in [1.54, 1.807) is 6.92 Å². The van der Waals surface area contributed by atoms with Gasteiger partial charge in [-0.1, -0.05) is 67.9 Å². The number of carbonyl (C=O) groups excluding carboxylic acids is 2. The number of ketones is 1. The van der Waals surface area contributed by atoms with E-state index in [4.69, 9.17) is 16.6 Å². The molecule has 6 rings (SSSR count). The van der Waals surface area contributed by atoms with E-state index in [9.17, 15) is 9.59 Å². The summed E-state index contributed by atoms with van der Waals surface area (Å²) in [7, 11) is 0. The number of fused-ring (bicyclic) bond motifs is 4. The molecule has 2 aliphatic rings. The Bertz CT molecular complexity index is 1540. The van der Waals surface area contributed by atoms with Crippen molar-refractivity contribution in [1.29, 1.82) is 0 Å². The minimum Gasteiger partial charge on any atom is -0.345 e. The number of amides is 1. The second kappa shape index (κ2) is 8.31. The Morgan fingerprint density at radius 2 is 1.81 bits per heavy atom. The first-order valence-electron chi connectivity index (χ1n) is 12.4. The first-order chi connectivity index (χ1) is 17.2. The molecule has 0 bridgehead atoms. The minimum atomic E-state index is -0.228. The molecule has 1 heterocycles. The van der Waals surface area contributed by atoms with Gasteiger partial charge in [0, 0.05) is 22.9 Å². The summed E-state index contributed by atoms with van der Waals surface area (Å²) in [6, 6.07) is 19.8. The second-order valence-corrected chi connectivity index (χ2v) is 11.2. The lowest BCUT2D eigenvalue weighted by atomic mass is 9.52. The third kappa shape index (κ3) is 3.56. The number of hydrogen-bond acceptors (Lipinski definition) is 3. The Hall–Kier alpha value is -3.44. The van der Waals surface area contributed by atoms with E-state index in [0.717, 1.165) is 51.1 Å². The van der Waals surface area contributed by atoms with Crippen LogP contribution < -0.4 is 5.32 Å². The highest BCUT2D eigenvalue weighted by atomic mass is 35.5. The maximum absolute atomic E-state index is 13.3. The molecule has 0 radical (unpaired) electrons. The Labute approximate surface area is 215 Å². The Balaban J connectivity index is 1.34. The number of H-pyrrole nitrogens is 1. The number of nitrogens with one attached hydrogen (secondary N) is 2. The number of hydrogen-bond donors (Lipinski definition) is 2. The largest absolute Gasteiger partial charge is 0.345 e. The number of nitrogens with zero attached hydrogens (tertiary/aromatic N) is 1. The predicted octanol–water partition coefficient (Wildman–Crippen LogP) is 6.71. The minimum absolute atomic E-state index is 0.0199. The molecule has 0 aliphatic heterocycles. The molecule has 4 aromatic rings. The molecule has 36 heavy (non-hydrogen) atoms. The van der Waals surface area contributed by atoms with Crippen LogP contribution in [0.25, 0.3) is 33.5 Å². The maximum Gasteiger partial charge on any atom is 0.221 e. The van der Waals surface area contributed by atoms with E-state index >= 15 is 0 Å². The fourth-order valence-electron chi connectivity index (χ4n) is 6.21. The van der Waals surface area contributed by atoms with E-state index in [1.807, 2.05) is 36.4 Å². The van der Waals surface area contributed by atoms with Gasteiger partial charge >= 0.3 is 0 Å². The van der Waals surface area contributed by atoms with Gasteiger partial charge in [-0.2, -0.15) is 0 Å². The van der Waals surface area contributed by atoms with E-state index < -0.39 is 0 Å². The van der Waals surface area contributed by atoms with Crippen molar-refractivity contribution in [2.24, 2.45) is 17.3 Å². The van der Waals surface area contributed by atoms with Crippen molar-refractivity contribution in [3.05, 3.63) is 76.8 Å². The molecule has 3 aromatic carbocycles. The van der Waals surface area contributed by atoms with Crippen LogP contribution >= 0.6 is 11.6 Å². The standard InChI is InChI=1S/C30H28ClN3O2/c1-16(35)23-13-17(30(23,2)3)14-26(36)34-28-20-8-5-4-7-19(20)27-21(28)9-6-10-22(27)29-32-24-12-11-18(31)15-25(24)33-29/h4-12,15,17,23,28H,13-14H2,1-3H3,(H,32,33)(H,34,36)/t17?,23-,28-/m1/s1. The van der Waals surface area contributed by atoms with E-state index in [1.165, 1.54) is 0 Å². The van der Waals surface area contributed by atoms with Crippen molar-refractivity contribution in [2.75, 3.05) is 0 Å². The van der Waals surface area contributed by atoms with Crippen LogP contribution in [0.3, 0.4) is 0 Å². The summed E-state index contributed by atoms with van der Waals surface area (Å²) in [5.74, 6) is 1.26. The Morgan fingerprint density at radius 3 is 2.58 bits per heavy atom. The van der Waals surface area contributed by atoms with Gasteiger partial charge in [0.05, 0.1) is 17.1 Å². The van der Waals surface area contributed by atoms with Gasteiger partial charge in [0.2, 0.25) is 5.91 Å². The van der Waals surface area contributed by atoms with Crippen LogP contribution in [-0.4, -0.2) is 21.7 Å². The van der Waals surface area contributed by atoms with Gasteiger partial charge in [0.1, 0.15) is 11.6 Å². The number of benzene rings is 3. The third-order valence-corrected chi connectivity index (χ3v) is 8.58. The summed E-state index contributed by atoms with van der Waals surface area (Å²) in [5, 5.41) is 3.97. The van der Waals surface area contributed by atoms with Crippen molar-refractivity contribution in [1.82, 2.24) is 15.3 Å². The highest BCUT2D eigenvalue weighted by Crippen LogP contribution is 2.53. The maximum atomic E-state index is 13.3. The van der Waals surface area contributed by atoms with Crippen molar-refractivity contribution >= 4 is 34.3 Å². The summed E-state index contributed by atoms with van der Waals surface area (Å²) in [6.45, 7) is 5.87. The normalized spacial score (nSPS) is 21.5. The molecule has 1 fully saturated rings. The fraction of sp³-hybridized carbons (Fsp3) is 0.300. The number of halogens is 1. The third-order valence-electron chi connectivity index (χ3n) is 8.35. The molecule has 0 saturated heterocycles. The average molecular weight is 498 g/mol. The van der Waals surface area contributed by atoms with Gasteiger partial charge < -0.3 is 10.3 Å². The monoisotopic (exact) mass is 497 g/mol. The summed E-state index contributed by atoms with van der Waals surface area (Å²) < 4.78 is 0. The molecule has 5 nitrogen and oxygen atoms in total. The summed E-state index contributed by atoms with van der Waals surface area (Å²) in [5.41, 5.74) is 6.93. The average Bonchev–Trinajstić information content (AvgIpc) is 3.40. The molecule has 1 amide bonds. The lowest BCUT2D eigenvalue weighted by Gasteiger charge is -2.51. The van der Waals surface area contributed by atoms with Crippen molar-refractivity contribution < 1.29 is 9.59 Å². The zero-order valence-electron chi connectivity index (χ0n) is 20.6. The number of aromatic nitrogens is 2. The van der Waals surface area contributed by atoms with Crippen LogP contribution in [0.15, 0.2) is 60.7 Å². The molecule has 1 aromatic heterocycles. The lowest BCUT2D eigenvalue weighted by molar-refractivity contribution is -0.141. The quantitative estimate of drug-likeness (QED) is 0.321. The van der Waals surface area contributed by atoms with Crippen LogP contribution in [0, 0.1) is 17.3 Å². The molecule has 0 spiro atoms. The molecule has 2 aliphatic carbocycles. The smallest absolute Gasteiger partial charge is 0.221 e. The summed E-state index contributed by atoms with van der Waals surface area (Å²) >= 11 is 6.19. The Kier molecular flexibility index (Phi) is 5.31. The van der Waals surface area contributed by atoms with Crippen molar-refractivity contribution in [3.8, 4) is 22.5 Å². The van der Waals surface area contributed by atoms with Crippen molar-refractivity contribution in [2.45, 2.75) is 39.7 Å². The van der Waals surface area contributed by atoms with Gasteiger partial charge in [-0.3, -0.25) is 9.59 Å². The van der Waals surface area contributed by atoms with E-state index in [-0.39, 0.29) is 35.0 Å². The predicted molar refractivity (Wildman–Crippen MR) is 143 cm³/mol. The molecule has 182 valence electrons. The first kappa shape index (κ1) is 23.0. The summed E-state index contributed by atoms with van der Waals surface area (Å²) in [4.78, 5) is 33.4. The zero-order chi connectivity index (χ0) is 25.2. The number of carbonyl (C=O) groups is 2. The number of Topliss-reactive ketones (excluding diaryl/α,β-unsaturated/α-hetero) is 1. The number of rotatable bonds is 5. The molecular formula is C30H28ClN3O2. The van der Waals surface area contributed by atoms with Gasteiger partial charge in [-0.25, -0.2) is 4.98 Å². The fourth-order valence-corrected chi connectivity index (χ4v) is 6.39. The van der Waals surface area contributed by atoms with E-state index in [2.05, 4.69) is 48.4 Å². The SMILES string of the molecule is CC(=O)[C@H]1CC(CC(=O)N[C@@H]2c3ccccc3-c3c(-c4nc5ccc(Cl)cc5[nH]4)cccc32)C1(C)C. The first-order valence-corrected chi connectivity index (χ1v) is 12.8. The van der Waals surface area contributed by atoms with Crippen LogP contribution in [-0.2, 0) is 9.59 Å². The van der Waals surface area contributed by atoms with Crippen LogP contribution in [0.4, 0.5) is 0 Å². The Morgan fingerprint density at radius 1 is 1.06 bits per heavy atom. The molecule has 3 atom stereocenters. The zero-order valence-corrected chi connectivity index (χ0v) is 21.3. The van der Waals surface area contributed by atoms with Crippen LogP contribution in [0.5, 0.6) is 0 Å². The highest BCUT2D eigenvalue weighted by molar-refractivity contribution is 6.31. The molecular weight excluding hydrogens is 470 g/mol. The molecule has 6 heteroatoms. The number of imidazole rings is 1. The second-order valence-electron chi connectivity index (χ2n) is 10.7.